The summed E-state index contributed by atoms with van der Waals surface area (Å²) in [5.74, 6) is -0.371. The molecule has 1 atom stereocenters. The Bertz CT molecular complexity index is 220. The van der Waals surface area contributed by atoms with E-state index in [1.165, 1.54) is 0 Å². The molecule has 0 saturated carbocycles. The van der Waals surface area contributed by atoms with Crippen molar-refractivity contribution in [2.24, 2.45) is 0 Å². The van der Waals surface area contributed by atoms with Crippen LogP contribution in [0.4, 0.5) is 0 Å². The molecule has 6 nitrogen and oxygen atoms in total. The fourth-order valence-corrected chi connectivity index (χ4v) is 1.27. The molecule has 1 fully saturated rings. The highest BCUT2D eigenvalue weighted by Crippen LogP contribution is 1.95. The lowest BCUT2D eigenvalue weighted by Crippen LogP contribution is -2.54. The lowest BCUT2D eigenvalue weighted by molar-refractivity contribution is -0.129. The molecule has 80 valence electrons. The molecule has 1 heterocycles. The zero-order valence-electron chi connectivity index (χ0n) is 7.88. The molecule has 2 amide bonds. The molecule has 1 aliphatic rings. The summed E-state index contributed by atoms with van der Waals surface area (Å²) in [5, 5.41) is 16.6. The van der Waals surface area contributed by atoms with Gasteiger partial charge in [-0.25, -0.2) is 0 Å². The number of piperazine rings is 1. The highest BCUT2D eigenvalue weighted by molar-refractivity contribution is 5.88. The summed E-state index contributed by atoms with van der Waals surface area (Å²) in [6, 6.07) is -0.442. The SMILES string of the molecule is O=C(CC1NCCNC1=O)NCCO. The zero-order valence-corrected chi connectivity index (χ0v) is 7.88. The molecule has 0 aromatic heterocycles. The van der Waals surface area contributed by atoms with Crippen LogP contribution in [0.5, 0.6) is 0 Å². The average molecular weight is 201 g/mol. The molecule has 0 aromatic rings. The third-order valence-electron chi connectivity index (χ3n) is 1.95. The molecule has 0 bridgehead atoms. The first-order valence-electron chi connectivity index (χ1n) is 4.62. The van der Waals surface area contributed by atoms with Crippen LogP contribution < -0.4 is 16.0 Å². The van der Waals surface area contributed by atoms with E-state index in [4.69, 9.17) is 5.11 Å². The van der Waals surface area contributed by atoms with E-state index in [-0.39, 0.29) is 31.4 Å². The average Bonchev–Trinajstić information content (AvgIpc) is 2.18. The van der Waals surface area contributed by atoms with Crippen LogP contribution in [-0.4, -0.2) is 49.2 Å². The van der Waals surface area contributed by atoms with Crippen LogP contribution >= 0.6 is 0 Å². The molecule has 1 rings (SSSR count). The third-order valence-corrected chi connectivity index (χ3v) is 1.95. The Labute approximate surface area is 82.1 Å². The topological polar surface area (TPSA) is 90.5 Å². The Kier molecular flexibility index (Phi) is 4.34. The number of aliphatic hydroxyl groups excluding tert-OH is 1. The number of aliphatic hydroxyl groups is 1. The highest BCUT2D eigenvalue weighted by atomic mass is 16.3. The fourth-order valence-electron chi connectivity index (χ4n) is 1.27. The maximum Gasteiger partial charge on any atom is 0.237 e. The lowest BCUT2D eigenvalue weighted by atomic mass is 10.1. The van der Waals surface area contributed by atoms with Crippen molar-refractivity contribution in [2.45, 2.75) is 12.5 Å². The van der Waals surface area contributed by atoms with Crippen molar-refractivity contribution in [3.8, 4) is 0 Å². The number of hydrogen-bond donors (Lipinski definition) is 4. The number of rotatable bonds is 4. The Morgan fingerprint density at radius 1 is 1.57 bits per heavy atom. The number of hydrogen-bond acceptors (Lipinski definition) is 4. The summed E-state index contributed by atoms with van der Waals surface area (Å²) < 4.78 is 0. The second-order valence-electron chi connectivity index (χ2n) is 3.08. The number of carbonyl (C=O) groups is 2. The predicted molar refractivity (Wildman–Crippen MR) is 49.5 cm³/mol. The van der Waals surface area contributed by atoms with Gasteiger partial charge in [0.05, 0.1) is 19.1 Å². The molecular weight excluding hydrogens is 186 g/mol. The minimum atomic E-state index is -0.442. The quantitative estimate of drug-likeness (QED) is 0.407. The van der Waals surface area contributed by atoms with Crippen molar-refractivity contribution >= 4 is 11.8 Å². The van der Waals surface area contributed by atoms with Gasteiger partial charge in [-0.05, 0) is 0 Å². The molecule has 1 saturated heterocycles. The van der Waals surface area contributed by atoms with E-state index in [0.717, 1.165) is 0 Å². The van der Waals surface area contributed by atoms with Crippen molar-refractivity contribution < 1.29 is 14.7 Å². The Hall–Kier alpha value is -1.14. The van der Waals surface area contributed by atoms with Gasteiger partial charge in [-0.15, -0.1) is 0 Å². The summed E-state index contributed by atoms with van der Waals surface area (Å²) in [6.45, 7) is 1.43. The van der Waals surface area contributed by atoms with Crippen LogP contribution in [0.2, 0.25) is 0 Å². The second-order valence-corrected chi connectivity index (χ2v) is 3.08. The number of amides is 2. The minimum absolute atomic E-state index is 0.0873. The number of nitrogens with one attached hydrogen (secondary N) is 3. The van der Waals surface area contributed by atoms with E-state index in [2.05, 4.69) is 16.0 Å². The monoisotopic (exact) mass is 201 g/mol. The maximum atomic E-state index is 11.2. The first-order chi connectivity index (χ1) is 6.74. The minimum Gasteiger partial charge on any atom is -0.395 e. The molecule has 1 unspecified atom stereocenters. The van der Waals surface area contributed by atoms with E-state index < -0.39 is 6.04 Å². The highest BCUT2D eigenvalue weighted by Gasteiger charge is 2.23. The van der Waals surface area contributed by atoms with Crippen molar-refractivity contribution in [3.63, 3.8) is 0 Å². The largest absolute Gasteiger partial charge is 0.395 e. The van der Waals surface area contributed by atoms with Crippen molar-refractivity contribution in [3.05, 3.63) is 0 Å². The second kappa shape index (κ2) is 5.56. The standard InChI is InChI=1S/C8H15N3O3/c12-4-3-10-7(13)5-6-8(14)11-2-1-9-6/h6,9,12H,1-5H2,(H,10,13)(H,11,14). The van der Waals surface area contributed by atoms with Crippen LogP contribution in [0.15, 0.2) is 0 Å². The third kappa shape index (κ3) is 3.31. The van der Waals surface area contributed by atoms with Crippen molar-refractivity contribution in [2.75, 3.05) is 26.2 Å². The summed E-state index contributed by atoms with van der Waals surface area (Å²) >= 11 is 0. The van der Waals surface area contributed by atoms with Crippen LogP contribution in [-0.2, 0) is 9.59 Å². The maximum absolute atomic E-state index is 11.2. The normalized spacial score (nSPS) is 21.5. The van der Waals surface area contributed by atoms with Gasteiger partial charge in [0, 0.05) is 19.6 Å². The van der Waals surface area contributed by atoms with Gasteiger partial charge in [0.1, 0.15) is 0 Å². The van der Waals surface area contributed by atoms with Crippen LogP contribution in [0, 0.1) is 0 Å². The van der Waals surface area contributed by atoms with Gasteiger partial charge in [0.15, 0.2) is 0 Å². The summed E-state index contributed by atoms with van der Waals surface area (Å²) in [5.41, 5.74) is 0. The Morgan fingerprint density at radius 3 is 3.00 bits per heavy atom. The summed E-state index contributed by atoms with van der Waals surface area (Å²) in [7, 11) is 0. The molecule has 0 radical (unpaired) electrons. The van der Waals surface area contributed by atoms with Gasteiger partial charge in [0.25, 0.3) is 0 Å². The van der Waals surface area contributed by atoms with E-state index in [9.17, 15) is 9.59 Å². The van der Waals surface area contributed by atoms with Crippen LogP contribution in [0.25, 0.3) is 0 Å². The lowest BCUT2D eigenvalue weighted by Gasteiger charge is -2.22. The van der Waals surface area contributed by atoms with E-state index in [1.54, 1.807) is 0 Å². The summed E-state index contributed by atoms with van der Waals surface area (Å²) in [4.78, 5) is 22.4. The zero-order chi connectivity index (χ0) is 10.4. The molecule has 0 aromatic carbocycles. The van der Waals surface area contributed by atoms with Gasteiger partial charge in [-0.3, -0.25) is 9.59 Å². The van der Waals surface area contributed by atoms with Crippen LogP contribution in [0.1, 0.15) is 6.42 Å². The first-order valence-corrected chi connectivity index (χ1v) is 4.62. The van der Waals surface area contributed by atoms with Gasteiger partial charge in [-0.1, -0.05) is 0 Å². The summed E-state index contributed by atoms with van der Waals surface area (Å²) in [6.07, 6.45) is 0.117. The number of carbonyl (C=O) groups excluding carboxylic acids is 2. The molecule has 14 heavy (non-hydrogen) atoms. The smallest absolute Gasteiger partial charge is 0.237 e. The molecule has 1 aliphatic heterocycles. The van der Waals surface area contributed by atoms with Crippen molar-refractivity contribution in [1.29, 1.82) is 0 Å². The Balaban J connectivity index is 2.27. The molecule has 0 aliphatic carbocycles. The molecule has 4 N–H and O–H groups in total. The first kappa shape index (κ1) is 10.9. The molecule has 0 spiro atoms. The molecular formula is C8H15N3O3. The fraction of sp³-hybridized carbons (Fsp3) is 0.750. The Morgan fingerprint density at radius 2 is 2.36 bits per heavy atom. The van der Waals surface area contributed by atoms with E-state index in [0.29, 0.717) is 13.1 Å². The predicted octanol–water partition coefficient (Wildman–Crippen LogP) is -2.43. The van der Waals surface area contributed by atoms with Crippen molar-refractivity contribution in [1.82, 2.24) is 16.0 Å². The van der Waals surface area contributed by atoms with Gasteiger partial charge in [-0.2, -0.15) is 0 Å². The van der Waals surface area contributed by atoms with Crippen LogP contribution in [0.3, 0.4) is 0 Å². The van der Waals surface area contributed by atoms with Gasteiger partial charge >= 0.3 is 0 Å². The molecule has 6 heteroatoms. The van der Waals surface area contributed by atoms with E-state index in [1.807, 2.05) is 0 Å². The van der Waals surface area contributed by atoms with Gasteiger partial charge in [0.2, 0.25) is 11.8 Å². The van der Waals surface area contributed by atoms with Gasteiger partial charge < -0.3 is 21.1 Å². The van der Waals surface area contributed by atoms with E-state index >= 15 is 0 Å².